The van der Waals surface area contributed by atoms with Crippen LogP contribution in [0.1, 0.15) is 105 Å². The van der Waals surface area contributed by atoms with Crippen LogP contribution in [0.15, 0.2) is 91.1 Å². The Hall–Kier alpha value is -3.75. The van der Waals surface area contributed by atoms with Crippen molar-refractivity contribution in [3.63, 3.8) is 0 Å². The predicted octanol–water partition coefficient (Wildman–Crippen LogP) is 12.0. The first kappa shape index (κ1) is 38.1. The van der Waals surface area contributed by atoms with E-state index in [9.17, 15) is 5.11 Å². The third-order valence-electron chi connectivity index (χ3n) is 8.89. The number of para-hydroxylation sites is 1. The van der Waals surface area contributed by atoms with Gasteiger partial charge in [-0.2, -0.15) is 0 Å². The van der Waals surface area contributed by atoms with Crippen molar-refractivity contribution < 1.29 is 26.2 Å². The minimum absolute atomic E-state index is 0. The number of nitrogens with zero attached hydrogens (tertiary/aromatic N) is 3. The van der Waals surface area contributed by atoms with E-state index < -0.39 is 0 Å². The SMILES string of the molecule is CC(C)(C)c1cc(N(c2[c-]c(-c3ccccc3O)ccc2)c2cccc(-c3ncc(C(C)(C)C)cc3C(C)(C)C)n2)cc(C(C)(C)C)c1.[Pt]. The summed E-state index contributed by atoms with van der Waals surface area (Å²) in [6.07, 6.45) is 2.00. The molecule has 3 aromatic carbocycles. The van der Waals surface area contributed by atoms with Crippen molar-refractivity contribution in [1.82, 2.24) is 9.97 Å². The average Bonchev–Trinajstić information content (AvgIpc) is 2.99. The topological polar surface area (TPSA) is 49.2 Å². The zero-order chi connectivity index (χ0) is 35.2. The largest absolute Gasteiger partial charge is 0.517 e. The summed E-state index contributed by atoms with van der Waals surface area (Å²) in [5, 5.41) is 10.8. The van der Waals surface area contributed by atoms with E-state index in [2.05, 4.69) is 143 Å². The number of aromatic nitrogens is 2. The van der Waals surface area contributed by atoms with Crippen LogP contribution >= 0.6 is 0 Å². The Morgan fingerprint density at radius 1 is 0.612 bits per heavy atom. The van der Waals surface area contributed by atoms with E-state index in [0.29, 0.717) is 0 Å². The standard InChI is InChI=1S/C44H52N3O.Pt/c1-41(2,3)30-24-31(42(4,5)6)26-34(25-30)47(33-18-15-17-29(23-33)35-19-13-14-21-38(35)48)39-22-16-20-37(46-39)40-36(44(10,11)12)27-32(28-45-40)43(7,8)9;/h13-22,24-28,48H,1-12H3;/q-1;. The zero-order valence-corrected chi connectivity index (χ0v) is 33.5. The van der Waals surface area contributed by atoms with Gasteiger partial charge in [0.15, 0.2) is 0 Å². The molecule has 0 amide bonds. The second-order valence-electron chi connectivity index (χ2n) is 17.1. The molecule has 0 unspecified atom stereocenters. The van der Waals surface area contributed by atoms with Gasteiger partial charge >= 0.3 is 0 Å². The monoisotopic (exact) mass is 833 g/mol. The van der Waals surface area contributed by atoms with E-state index in [0.717, 1.165) is 39.7 Å². The van der Waals surface area contributed by atoms with Crippen LogP contribution in [0.5, 0.6) is 5.75 Å². The Morgan fingerprint density at radius 3 is 1.78 bits per heavy atom. The molecule has 0 aliphatic carbocycles. The van der Waals surface area contributed by atoms with Crippen molar-refractivity contribution in [3.05, 3.63) is 119 Å². The molecule has 2 aromatic heterocycles. The van der Waals surface area contributed by atoms with Crippen LogP contribution in [-0.4, -0.2) is 15.1 Å². The molecule has 0 aliphatic rings. The first-order chi connectivity index (χ1) is 22.2. The van der Waals surface area contributed by atoms with Crippen molar-refractivity contribution >= 4 is 17.2 Å². The molecule has 0 radical (unpaired) electrons. The van der Waals surface area contributed by atoms with Gasteiger partial charge in [0.1, 0.15) is 5.82 Å². The maximum absolute atomic E-state index is 10.8. The summed E-state index contributed by atoms with van der Waals surface area (Å²) in [5.74, 6) is 0.993. The molecule has 49 heavy (non-hydrogen) atoms. The number of phenolic OH excluding ortho intramolecular Hbond substituents is 1. The Kier molecular flexibility index (Phi) is 10.8. The summed E-state index contributed by atoms with van der Waals surface area (Å²) in [7, 11) is 0. The first-order valence-corrected chi connectivity index (χ1v) is 17.0. The van der Waals surface area contributed by atoms with Gasteiger partial charge < -0.3 is 10.0 Å². The summed E-state index contributed by atoms with van der Waals surface area (Å²) in [6.45, 7) is 26.9. The van der Waals surface area contributed by atoms with Gasteiger partial charge in [-0.25, -0.2) is 4.98 Å². The third kappa shape index (κ3) is 8.53. The van der Waals surface area contributed by atoms with Gasteiger partial charge in [-0.05, 0) is 79.9 Å². The number of hydrogen-bond donors (Lipinski definition) is 1. The van der Waals surface area contributed by atoms with E-state index in [-0.39, 0.29) is 48.5 Å². The van der Waals surface area contributed by atoms with Gasteiger partial charge in [0.25, 0.3) is 0 Å². The van der Waals surface area contributed by atoms with Crippen LogP contribution in [0.25, 0.3) is 22.5 Å². The first-order valence-electron chi connectivity index (χ1n) is 17.0. The minimum Gasteiger partial charge on any atom is -0.517 e. The minimum atomic E-state index is -0.136. The fourth-order valence-corrected chi connectivity index (χ4v) is 5.78. The second-order valence-corrected chi connectivity index (χ2v) is 17.1. The van der Waals surface area contributed by atoms with Crippen molar-refractivity contribution in [3.8, 4) is 28.3 Å². The van der Waals surface area contributed by atoms with Gasteiger partial charge in [0.05, 0.1) is 17.1 Å². The molecule has 0 aliphatic heterocycles. The Morgan fingerprint density at radius 2 is 1.20 bits per heavy atom. The molecule has 0 atom stereocenters. The fraction of sp³-hybridized carbons (Fsp3) is 0.364. The van der Waals surface area contributed by atoms with E-state index in [1.54, 1.807) is 6.07 Å². The molecule has 260 valence electrons. The number of aromatic hydroxyl groups is 1. The van der Waals surface area contributed by atoms with E-state index in [1.807, 2.05) is 36.5 Å². The Bertz CT molecular complexity index is 1900. The molecule has 5 aromatic rings. The van der Waals surface area contributed by atoms with E-state index >= 15 is 0 Å². The molecule has 0 spiro atoms. The predicted molar refractivity (Wildman–Crippen MR) is 203 cm³/mol. The summed E-state index contributed by atoms with van der Waals surface area (Å²) in [5.41, 5.74) is 9.67. The third-order valence-corrected chi connectivity index (χ3v) is 8.89. The Labute approximate surface area is 309 Å². The number of rotatable bonds is 5. The number of pyridine rings is 2. The van der Waals surface area contributed by atoms with Crippen LogP contribution in [0.2, 0.25) is 0 Å². The van der Waals surface area contributed by atoms with E-state index in [4.69, 9.17) is 9.97 Å². The van der Waals surface area contributed by atoms with Gasteiger partial charge in [-0.1, -0.05) is 125 Å². The molecule has 2 heterocycles. The van der Waals surface area contributed by atoms with Gasteiger partial charge in [-0.15, -0.1) is 29.8 Å². The number of benzene rings is 3. The van der Waals surface area contributed by atoms with Crippen molar-refractivity contribution in [2.75, 3.05) is 4.90 Å². The quantitative estimate of drug-likeness (QED) is 0.179. The number of anilines is 3. The van der Waals surface area contributed by atoms with Crippen LogP contribution in [-0.2, 0) is 42.7 Å². The molecule has 1 N–H and O–H groups in total. The molecule has 0 fully saturated rings. The summed E-state index contributed by atoms with van der Waals surface area (Å²) in [6, 6.07) is 32.5. The summed E-state index contributed by atoms with van der Waals surface area (Å²) in [4.78, 5) is 12.6. The molecular formula is C44H52N3OPt-. The van der Waals surface area contributed by atoms with Crippen LogP contribution in [0.3, 0.4) is 0 Å². The van der Waals surface area contributed by atoms with Gasteiger partial charge in [0, 0.05) is 32.9 Å². The van der Waals surface area contributed by atoms with Gasteiger partial charge in [-0.3, -0.25) is 4.98 Å². The van der Waals surface area contributed by atoms with Gasteiger partial charge in [0.2, 0.25) is 0 Å². The summed E-state index contributed by atoms with van der Waals surface area (Å²) >= 11 is 0. The van der Waals surface area contributed by atoms with Crippen molar-refractivity contribution in [2.45, 2.75) is 105 Å². The van der Waals surface area contributed by atoms with Crippen LogP contribution < -0.4 is 4.90 Å². The Balaban J connectivity index is 0.00000541. The molecular weight excluding hydrogens is 782 g/mol. The van der Waals surface area contributed by atoms with Crippen molar-refractivity contribution in [1.29, 1.82) is 0 Å². The zero-order valence-electron chi connectivity index (χ0n) is 31.3. The number of hydrogen-bond acceptors (Lipinski definition) is 4. The van der Waals surface area contributed by atoms with E-state index in [1.165, 1.54) is 22.3 Å². The molecule has 4 nitrogen and oxygen atoms in total. The van der Waals surface area contributed by atoms with Crippen molar-refractivity contribution in [2.24, 2.45) is 0 Å². The normalized spacial score (nSPS) is 12.4. The number of phenols is 1. The molecule has 0 saturated carbocycles. The smallest absolute Gasteiger partial charge is 0.136 e. The van der Waals surface area contributed by atoms with Crippen LogP contribution in [0.4, 0.5) is 17.2 Å². The average molecular weight is 834 g/mol. The molecule has 5 rings (SSSR count). The second kappa shape index (κ2) is 13.9. The van der Waals surface area contributed by atoms with Crippen LogP contribution in [0, 0.1) is 6.07 Å². The summed E-state index contributed by atoms with van der Waals surface area (Å²) < 4.78 is 0. The molecule has 0 saturated heterocycles. The fourth-order valence-electron chi connectivity index (χ4n) is 5.78. The molecule has 5 heteroatoms. The maximum Gasteiger partial charge on any atom is 0.136 e. The maximum atomic E-state index is 10.8. The molecule has 0 bridgehead atoms.